The van der Waals surface area contributed by atoms with Crippen molar-refractivity contribution in [3.63, 3.8) is 0 Å². The van der Waals surface area contributed by atoms with Crippen molar-refractivity contribution in [2.45, 2.75) is 22.2 Å². The lowest BCUT2D eigenvalue weighted by molar-refractivity contribution is -0.330. The van der Waals surface area contributed by atoms with Crippen LogP contribution < -0.4 is 10.2 Å². The van der Waals surface area contributed by atoms with E-state index in [0.717, 1.165) is 19.2 Å². The maximum absolute atomic E-state index is 14.3. The molecule has 0 aliphatic rings. The molecule has 180 valence electrons. The van der Waals surface area contributed by atoms with Crippen LogP contribution >= 0.6 is 23.4 Å². The summed E-state index contributed by atoms with van der Waals surface area (Å²) in [5.41, 5.74) is -1.36. The van der Waals surface area contributed by atoms with E-state index in [1.807, 2.05) is 0 Å². The van der Waals surface area contributed by atoms with Gasteiger partial charge in [0, 0.05) is 11.9 Å². The number of rotatable bonds is 5. The van der Waals surface area contributed by atoms with Crippen molar-refractivity contribution in [1.82, 2.24) is 5.32 Å². The molecular weight excluding hydrogens is 515 g/mol. The maximum Gasteiger partial charge on any atom is 0.460 e. The van der Waals surface area contributed by atoms with Gasteiger partial charge in [0.25, 0.3) is 5.91 Å². The van der Waals surface area contributed by atoms with Gasteiger partial charge >= 0.3 is 23.4 Å². The highest BCUT2D eigenvalue weighted by molar-refractivity contribution is 8.00. The minimum Gasteiger partial charge on any atom is -0.294 e. The van der Waals surface area contributed by atoms with Crippen LogP contribution in [0.2, 0.25) is 5.02 Å². The quantitative estimate of drug-likeness (QED) is 0.359. The molecule has 2 aromatic rings. The number of halogens is 10. The van der Waals surface area contributed by atoms with Crippen LogP contribution in [0.1, 0.15) is 10.4 Å². The average molecular weight is 525 g/mol. The molecule has 0 saturated carbocycles. The second-order valence-corrected chi connectivity index (χ2v) is 7.81. The summed E-state index contributed by atoms with van der Waals surface area (Å²) >= 11 is 4.45. The van der Waals surface area contributed by atoms with E-state index in [-0.39, 0.29) is 11.1 Å². The Kier molecular flexibility index (Phi) is 7.53. The number of anilines is 1. The normalized spacial score (nSPS) is 12.5. The van der Waals surface area contributed by atoms with Crippen molar-refractivity contribution in [2.24, 2.45) is 0 Å². The Labute approximate surface area is 188 Å². The molecule has 0 spiro atoms. The Morgan fingerprint density at radius 3 is 2.09 bits per heavy atom. The summed E-state index contributed by atoms with van der Waals surface area (Å²) in [6.07, 6.45) is -6.56. The van der Waals surface area contributed by atoms with Crippen LogP contribution in [0.3, 0.4) is 0 Å². The van der Waals surface area contributed by atoms with E-state index in [0.29, 0.717) is 17.0 Å². The van der Waals surface area contributed by atoms with Gasteiger partial charge in [0.15, 0.2) is 0 Å². The Hall–Kier alpha value is -2.61. The number of nitrogens with zero attached hydrogens (tertiary/aromatic N) is 1. The van der Waals surface area contributed by atoms with Gasteiger partial charge in [0.1, 0.15) is 11.6 Å². The lowest BCUT2D eigenvalue weighted by atomic mass is 10.2. The molecule has 0 saturated heterocycles. The number of alkyl halides is 7. The first-order valence-electron chi connectivity index (χ1n) is 8.33. The van der Waals surface area contributed by atoms with Crippen LogP contribution in [0.15, 0.2) is 41.3 Å². The number of thioether (sulfide) groups is 1. The molecule has 2 rings (SSSR count). The molecule has 4 nitrogen and oxygen atoms in total. The highest BCUT2D eigenvalue weighted by Gasteiger charge is 2.73. The summed E-state index contributed by atoms with van der Waals surface area (Å²) in [5, 5.41) is -4.31. The van der Waals surface area contributed by atoms with Gasteiger partial charge < -0.3 is 0 Å². The van der Waals surface area contributed by atoms with Crippen molar-refractivity contribution in [1.29, 1.82) is 0 Å². The fourth-order valence-electron chi connectivity index (χ4n) is 2.27. The predicted molar refractivity (Wildman–Crippen MR) is 101 cm³/mol. The van der Waals surface area contributed by atoms with Crippen LogP contribution in [-0.2, 0) is 0 Å². The zero-order valence-electron chi connectivity index (χ0n) is 15.9. The van der Waals surface area contributed by atoms with Gasteiger partial charge in [0.05, 0.1) is 16.3 Å². The summed E-state index contributed by atoms with van der Waals surface area (Å²) < 4.78 is 118. The SMILES string of the molecule is CN(C(=O)NC(=O)c1c(F)cccc1Cl)c1ccc(SC(F)(F)C(F)(F)C(F)(F)F)cc1F. The van der Waals surface area contributed by atoms with E-state index >= 15 is 0 Å². The van der Waals surface area contributed by atoms with Crippen LogP contribution in [0, 0.1) is 11.6 Å². The predicted octanol–water partition coefficient (Wildman–Crippen LogP) is 6.49. The average Bonchev–Trinajstić information content (AvgIpc) is 2.66. The lowest BCUT2D eigenvalue weighted by Gasteiger charge is -2.27. The van der Waals surface area contributed by atoms with Crippen molar-refractivity contribution < 1.29 is 49.1 Å². The molecule has 1 N–H and O–H groups in total. The molecule has 0 atom stereocenters. The van der Waals surface area contributed by atoms with Crippen molar-refractivity contribution in [3.05, 3.63) is 58.6 Å². The number of carbonyl (C=O) groups excluding carboxylic acids is 2. The molecule has 0 aliphatic heterocycles. The molecule has 3 amide bonds. The number of nitrogens with one attached hydrogen (secondary N) is 1. The maximum atomic E-state index is 14.3. The van der Waals surface area contributed by atoms with Gasteiger partial charge in [-0.25, -0.2) is 13.6 Å². The highest BCUT2D eigenvalue weighted by atomic mass is 35.5. The summed E-state index contributed by atoms with van der Waals surface area (Å²) in [7, 11) is 0.906. The fraction of sp³-hybridized carbons (Fsp3) is 0.222. The number of imide groups is 1. The molecule has 0 bridgehead atoms. The fourth-order valence-corrected chi connectivity index (χ4v) is 3.36. The molecule has 0 fully saturated rings. The van der Waals surface area contributed by atoms with E-state index < -0.39 is 68.8 Å². The Bertz CT molecular complexity index is 1060. The summed E-state index contributed by atoms with van der Waals surface area (Å²) in [5.74, 6) is -10.2. The second kappa shape index (κ2) is 9.33. The van der Waals surface area contributed by atoms with Gasteiger partial charge in [-0.2, -0.15) is 30.7 Å². The van der Waals surface area contributed by atoms with Crippen LogP contribution in [0.25, 0.3) is 0 Å². The van der Waals surface area contributed by atoms with Gasteiger partial charge in [-0.15, -0.1) is 0 Å². The topological polar surface area (TPSA) is 49.4 Å². The lowest BCUT2D eigenvalue weighted by Crippen LogP contribution is -2.49. The molecule has 0 radical (unpaired) electrons. The summed E-state index contributed by atoms with van der Waals surface area (Å²) in [4.78, 5) is 23.7. The Morgan fingerprint density at radius 2 is 1.58 bits per heavy atom. The van der Waals surface area contributed by atoms with Gasteiger partial charge in [-0.3, -0.25) is 15.0 Å². The van der Waals surface area contributed by atoms with Gasteiger partial charge in [0.2, 0.25) is 0 Å². The van der Waals surface area contributed by atoms with Crippen molar-refractivity contribution in [2.75, 3.05) is 11.9 Å². The zero-order chi connectivity index (χ0) is 25.4. The molecule has 0 heterocycles. The molecule has 15 heteroatoms. The summed E-state index contributed by atoms with van der Waals surface area (Å²) in [6.45, 7) is 0. The van der Waals surface area contributed by atoms with Crippen LogP contribution in [0.4, 0.5) is 50.0 Å². The Balaban J connectivity index is 2.20. The first-order valence-corrected chi connectivity index (χ1v) is 9.53. The number of carbonyl (C=O) groups is 2. The molecular formula is C18H10ClF9N2O2S. The van der Waals surface area contributed by atoms with Crippen molar-refractivity contribution in [3.8, 4) is 0 Å². The number of benzene rings is 2. The molecule has 0 aliphatic carbocycles. The molecule has 0 unspecified atom stereocenters. The highest BCUT2D eigenvalue weighted by Crippen LogP contribution is 2.54. The second-order valence-electron chi connectivity index (χ2n) is 6.22. The minimum atomic E-state index is -6.56. The van der Waals surface area contributed by atoms with Crippen LogP contribution in [0.5, 0.6) is 0 Å². The molecule has 33 heavy (non-hydrogen) atoms. The van der Waals surface area contributed by atoms with E-state index in [2.05, 4.69) is 0 Å². The minimum absolute atomic E-state index is 0.194. The molecule has 0 aromatic heterocycles. The number of hydrogen-bond donors (Lipinski definition) is 1. The third-order valence-electron chi connectivity index (χ3n) is 3.96. The van der Waals surface area contributed by atoms with Crippen LogP contribution in [-0.4, -0.2) is 36.3 Å². The van der Waals surface area contributed by atoms with Gasteiger partial charge in [-0.05, 0) is 42.1 Å². The zero-order valence-corrected chi connectivity index (χ0v) is 17.5. The third-order valence-corrected chi connectivity index (χ3v) is 5.28. The van der Waals surface area contributed by atoms with Gasteiger partial charge in [-0.1, -0.05) is 17.7 Å². The number of amides is 3. The van der Waals surface area contributed by atoms with E-state index in [4.69, 9.17) is 11.6 Å². The smallest absolute Gasteiger partial charge is 0.294 e. The van der Waals surface area contributed by atoms with E-state index in [9.17, 15) is 49.1 Å². The standard InChI is InChI=1S/C18H10ClF9N2O2S/c1-30(15(32)29-14(31)13-9(19)3-2-4-10(13)20)12-6-5-8(7-11(12)21)33-18(27,28)16(22,23)17(24,25)26/h2-7H,1H3,(H,29,31,32). The number of urea groups is 1. The van der Waals surface area contributed by atoms with Crippen molar-refractivity contribution >= 4 is 41.0 Å². The molecule has 2 aromatic carbocycles. The first-order chi connectivity index (χ1) is 15.0. The largest absolute Gasteiger partial charge is 0.460 e. The Morgan fingerprint density at radius 1 is 0.970 bits per heavy atom. The monoisotopic (exact) mass is 524 g/mol. The van der Waals surface area contributed by atoms with E-state index in [1.165, 1.54) is 6.07 Å². The first kappa shape index (κ1) is 26.6. The number of hydrogen-bond acceptors (Lipinski definition) is 3. The summed E-state index contributed by atoms with van der Waals surface area (Å²) in [6, 6.07) is 3.27. The van der Waals surface area contributed by atoms with E-state index in [1.54, 1.807) is 5.32 Å². The third kappa shape index (κ3) is 5.49.